The van der Waals surface area contributed by atoms with Crippen molar-refractivity contribution in [1.29, 1.82) is 0 Å². The molecule has 1 aromatic rings. The molecule has 1 aliphatic heterocycles. The molecule has 0 radical (unpaired) electrons. The quantitative estimate of drug-likeness (QED) is 0.784. The Hall–Kier alpha value is -1.04. The minimum Gasteiger partial charge on any atom is -0.337 e. The highest BCUT2D eigenvalue weighted by Crippen LogP contribution is 2.30. The molecule has 0 aliphatic carbocycles. The van der Waals surface area contributed by atoms with Gasteiger partial charge >= 0.3 is 6.18 Å². The van der Waals surface area contributed by atoms with Crippen LogP contribution in [0.25, 0.3) is 0 Å². The summed E-state index contributed by atoms with van der Waals surface area (Å²) in [4.78, 5) is 7.98. The Morgan fingerprint density at radius 3 is 2.47 bits per heavy atom. The van der Waals surface area contributed by atoms with Crippen LogP contribution in [0.1, 0.15) is 31.1 Å². The average molecular weight is 219 g/mol. The molecule has 0 unspecified atom stereocenters. The van der Waals surface area contributed by atoms with Crippen molar-refractivity contribution in [2.45, 2.75) is 39.2 Å². The van der Waals surface area contributed by atoms with Crippen molar-refractivity contribution >= 4 is 0 Å². The molecule has 1 aliphatic rings. The highest BCUT2D eigenvalue weighted by atomic mass is 19.4. The SMILES string of the molecule is CC(C)N1Cc2nc(C(F)(F)F)[nH]c2C1. The topological polar surface area (TPSA) is 31.9 Å². The van der Waals surface area contributed by atoms with Gasteiger partial charge in [-0.2, -0.15) is 13.2 Å². The number of nitrogens with one attached hydrogen (secondary N) is 1. The molecule has 0 amide bonds. The molecule has 1 N–H and O–H groups in total. The first-order chi connectivity index (χ1) is 6.88. The van der Waals surface area contributed by atoms with Crippen LogP contribution in [0.3, 0.4) is 0 Å². The predicted molar refractivity (Wildman–Crippen MR) is 48.0 cm³/mol. The van der Waals surface area contributed by atoms with Gasteiger partial charge in [0.05, 0.1) is 11.4 Å². The first kappa shape index (κ1) is 10.5. The van der Waals surface area contributed by atoms with Crippen molar-refractivity contribution < 1.29 is 13.2 Å². The molecule has 0 fully saturated rings. The molecule has 1 aromatic heterocycles. The number of H-pyrrole nitrogens is 1. The van der Waals surface area contributed by atoms with Gasteiger partial charge in [-0.15, -0.1) is 0 Å². The predicted octanol–water partition coefficient (Wildman–Crippen LogP) is 2.15. The molecule has 3 nitrogen and oxygen atoms in total. The maximum Gasteiger partial charge on any atom is 0.449 e. The lowest BCUT2D eigenvalue weighted by Crippen LogP contribution is -2.25. The Balaban J connectivity index is 2.20. The van der Waals surface area contributed by atoms with E-state index in [4.69, 9.17) is 0 Å². The van der Waals surface area contributed by atoms with Gasteiger partial charge in [0, 0.05) is 19.1 Å². The summed E-state index contributed by atoms with van der Waals surface area (Å²) in [5, 5.41) is 0. The molecule has 84 valence electrons. The van der Waals surface area contributed by atoms with Gasteiger partial charge in [-0.3, -0.25) is 4.90 Å². The van der Waals surface area contributed by atoms with Gasteiger partial charge < -0.3 is 4.98 Å². The molecule has 2 rings (SSSR count). The molecule has 0 atom stereocenters. The Morgan fingerprint density at radius 2 is 2.00 bits per heavy atom. The van der Waals surface area contributed by atoms with Crippen molar-refractivity contribution in [3.8, 4) is 0 Å². The Morgan fingerprint density at radius 1 is 1.33 bits per heavy atom. The van der Waals surface area contributed by atoms with E-state index in [2.05, 4.69) is 14.9 Å². The summed E-state index contributed by atoms with van der Waals surface area (Å²) in [6, 6.07) is 0.321. The van der Waals surface area contributed by atoms with E-state index in [0.29, 0.717) is 30.5 Å². The number of halogens is 3. The molecule has 15 heavy (non-hydrogen) atoms. The zero-order valence-corrected chi connectivity index (χ0v) is 8.52. The van der Waals surface area contributed by atoms with E-state index < -0.39 is 12.0 Å². The first-order valence-corrected chi connectivity index (χ1v) is 4.77. The minimum atomic E-state index is -4.37. The van der Waals surface area contributed by atoms with Crippen LogP contribution in [-0.2, 0) is 19.3 Å². The molecule has 0 bridgehead atoms. The second kappa shape index (κ2) is 3.23. The maximum atomic E-state index is 12.3. The highest BCUT2D eigenvalue weighted by molar-refractivity contribution is 5.20. The van der Waals surface area contributed by atoms with Crippen LogP contribution in [-0.4, -0.2) is 20.9 Å². The summed E-state index contributed by atoms with van der Waals surface area (Å²) in [5.41, 5.74) is 1.12. The van der Waals surface area contributed by atoms with Crippen molar-refractivity contribution in [3.05, 3.63) is 17.2 Å². The largest absolute Gasteiger partial charge is 0.449 e. The van der Waals surface area contributed by atoms with E-state index in [1.807, 2.05) is 13.8 Å². The fraction of sp³-hybridized carbons (Fsp3) is 0.667. The first-order valence-electron chi connectivity index (χ1n) is 4.77. The van der Waals surface area contributed by atoms with Gasteiger partial charge in [0.15, 0.2) is 0 Å². The maximum absolute atomic E-state index is 12.3. The molecule has 2 heterocycles. The lowest BCUT2D eigenvalue weighted by atomic mass is 10.3. The normalized spacial score (nSPS) is 17.5. The van der Waals surface area contributed by atoms with Gasteiger partial charge in [0.25, 0.3) is 0 Å². The lowest BCUT2D eigenvalue weighted by Gasteiger charge is -2.19. The second-order valence-corrected chi connectivity index (χ2v) is 4.01. The molecule has 0 aromatic carbocycles. The van der Waals surface area contributed by atoms with Crippen molar-refractivity contribution in [3.63, 3.8) is 0 Å². The van der Waals surface area contributed by atoms with Gasteiger partial charge in [-0.05, 0) is 13.8 Å². The summed E-state index contributed by atoms with van der Waals surface area (Å²) in [6.45, 7) is 5.04. The van der Waals surface area contributed by atoms with Crippen LogP contribution in [0.15, 0.2) is 0 Å². The standard InChI is InChI=1S/C9H12F3N3/c1-5(2)15-3-6-7(4-15)14-8(13-6)9(10,11)12/h5H,3-4H2,1-2H3,(H,13,14). The number of hydrogen-bond donors (Lipinski definition) is 1. The molecule has 6 heteroatoms. The number of hydrogen-bond acceptors (Lipinski definition) is 2. The number of alkyl halides is 3. The Labute approximate surface area is 85.3 Å². The summed E-state index contributed by atoms with van der Waals surface area (Å²) >= 11 is 0. The Kier molecular flexibility index (Phi) is 2.26. The monoisotopic (exact) mass is 219 g/mol. The fourth-order valence-corrected chi connectivity index (χ4v) is 1.66. The van der Waals surface area contributed by atoms with E-state index in [0.717, 1.165) is 0 Å². The van der Waals surface area contributed by atoms with Crippen LogP contribution >= 0.6 is 0 Å². The lowest BCUT2D eigenvalue weighted by molar-refractivity contribution is -0.144. The van der Waals surface area contributed by atoms with Crippen LogP contribution in [0.2, 0.25) is 0 Å². The summed E-state index contributed by atoms with van der Waals surface area (Å²) in [5.74, 6) is -0.879. The van der Waals surface area contributed by atoms with E-state index in [1.165, 1.54) is 0 Å². The molecule has 0 saturated carbocycles. The van der Waals surface area contributed by atoms with Gasteiger partial charge in [0.2, 0.25) is 5.82 Å². The van der Waals surface area contributed by atoms with E-state index >= 15 is 0 Å². The zero-order valence-electron chi connectivity index (χ0n) is 8.52. The summed E-state index contributed by atoms with van der Waals surface area (Å²) in [7, 11) is 0. The second-order valence-electron chi connectivity index (χ2n) is 4.01. The third kappa shape index (κ3) is 1.86. The van der Waals surface area contributed by atoms with Crippen molar-refractivity contribution in [2.24, 2.45) is 0 Å². The van der Waals surface area contributed by atoms with Crippen LogP contribution in [0.4, 0.5) is 13.2 Å². The van der Waals surface area contributed by atoms with Crippen LogP contribution < -0.4 is 0 Å². The smallest absolute Gasteiger partial charge is 0.337 e. The van der Waals surface area contributed by atoms with Crippen LogP contribution in [0.5, 0.6) is 0 Å². The van der Waals surface area contributed by atoms with Crippen molar-refractivity contribution in [1.82, 2.24) is 14.9 Å². The van der Waals surface area contributed by atoms with E-state index in [1.54, 1.807) is 0 Å². The van der Waals surface area contributed by atoms with Crippen molar-refractivity contribution in [2.75, 3.05) is 0 Å². The number of rotatable bonds is 1. The van der Waals surface area contributed by atoms with Crippen LogP contribution in [0, 0.1) is 0 Å². The third-order valence-electron chi connectivity index (χ3n) is 2.58. The molecule has 0 saturated heterocycles. The van der Waals surface area contributed by atoms with E-state index in [-0.39, 0.29) is 0 Å². The molecular formula is C9H12F3N3. The molecule has 0 spiro atoms. The number of fused-ring (bicyclic) bond motifs is 1. The number of nitrogens with zero attached hydrogens (tertiary/aromatic N) is 2. The van der Waals surface area contributed by atoms with E-state index in [9.17, 15) is 13.2 Å². The van der Waals surface area contributed by atoms with Gasteiger partial charge in [0.1, 0.15) is 0 Å². The zero-order chi connectivity index (χ0) is 11.2. The number of imidazole rings is 1. The molecular weight excluding hydrogens is 207 g/mol. The third-order valence-corrected chi connectivity index (χ3v) is 2.58. The number of aromatic amines is 1. The summed E-state index contributed by atoms with van der Waals surface area (Å²) in [6.07, 6.45) is -4.37. The average Bonchev–Trinajstić information content (AvgIpc) is 2.55. The summed E-state index contributed by atoms with van der Waals surface area (Å²) < 4.78 is 36.9. The minimum absolute atomic E-state index is 0.321. The Bertz CT molecular complexity index is 344. The van der Waals surface area contributed by atoms with Gasteiger partial charge in [-0.1, -0.05) is 0 Å². The van der Waals surface area contributed by atoms with Gasteiger partial charge in [-0.25, -0.2) is 4.98 Å². The number of aromatic nitrogens is 2. The highest BCUT2D eigenvalue weighted by Gasteiger charge is 2.37. The fourth-order valence-electron chi connectivity index (χ4n) is 1.66.